The van der Waals surface area contributed by atoms with Crippen LogP contribution in [0.3, 0.4) is 0 Å². The lowest BCUT2D eigenvalue weighted by Crippen LogP contribution is -2.57. The lowest BCUT2D eigenvalue weighted by molar-refractivity contribution is -0.337. The zero-order valence-electron chi connectivity index (χ0n) is 32.4. The molecule has 2 aliphatic heterocycles. The number of hydrogen-bond acceptors (Lipinski definition) is 10. The molecule has 284 valence electrons. The number of hydrogen-bond donors (Lipinski definition) is 2. The fraction of sp³-hybridized carbons (Fsp3) is 0.659. The first-order valence-corrected chi connectivity index (χ1v) is 18.0. The molecule has 10 nitrogen and oxygen atoms in total. The van der Waals surface area contributed by atoms with Crippen molar-refractivity contribution in [1.82, 2.24) is 0 Å². The molecule has 4 rings (SSSR count). The van der Waals surface area contributed by atoms with Gasteiger partial charge in [0.25, 0.3) is 0 Å². The first-order valence-electron chi connectivity index (χ1n) is 18.0. The SMILES string of the molecule is CC(C)(C)c1cc(CCC(=O)OCC(C)(C)C2OCC3(CO2)COC(C(C)(C)COC(=O)CCc2ccc(O)c(C(C)(C)C)c2)OC3)ccc1O. The smallest absolute Gasteiger partial charge is 0.306 e. The highest BCUT2D eigenvalue weighted by Crippen LogP contribution is 2.39. The standard InChI is InChI=1S/C41H60O10/c1-37(2,3)29-19-27(11-15-31(29)42)13-17-33(44)46-21-39(7,8)35-48-23-41(24-49-35)25-50-36(51-26-41)40(9,10)22-47-34(45)18-14-28-12-16-32(43)30(20-28)38(4,5)6/h11-12,15-16,19-20,35-36,42-43H,13-14,17-18,21-26H2,1-10H3. The molecule has 2 aromatic carbocycles. The summed E-state index contributed by atoms with van der Waals surface area (Å²) in [5.74, 6) is -0.0957. The van der Waals surface area contributed by atoms with E-state index in [9.17, 15) is 19.8 Å². The van der Waals surface area contributed by atoms with Gasteiger partial charge in [-0.05, 0) is 58.1 Å². The molecule has 0 bridgehead atoms. The van der Waals surface area contributed by atoms with E-state index in [1.165, 1.54) is 0 Å². The van der Waals surface area contributed by atoms with Gasteiger partial charge in [0.1, 0.15) is 24.7 Å². The van der Waals surface area contributed by atoms with Crippen molar-refractivity contribution in [3.63, 3.8) is 0 Å². The van der Waals surface area contributed by atoms with Crippen molar-refractivity contribution in [3.8, 4) is 11.5 Å². The van der Waals surface area contributed by atoms with E-state index >= 15 is 0 Å². The zero-order valence-corrected chi connectivity index (χ0v) is 32.4. The Balaban J connectivity index is 1.17. The van der Waals surface area contributed by atoms with Crippen LogP contribution in [0.25, 0.3) is 0 Å². The molecule has 0 unspecified atom stereocenters. The molecule has 0 amide bonds. The number of ether oxygens (including phenoxy) is 6. The van der Waals surface area contributed by atoms with E-state index in [2.05, 4.69) is 0 Å². The van der Waals surface area contributed by atoms with Crippen molar-refractivity contribution in [3.05, 3.63) is 58.7 Å². The lowest BCUT2D eigenvalue weighted by atomic mass is 9.85. The van der Waals surface area contributed by atoms with Crippen molar-refractivity contribution >= 4 is 11.9 Å². The number of phenolic OH excluding ortho intramolecular Hbond substituents is 2. The molecule has 2 fully saturated rings. The topological polar surface area (TPSA) is 130 Å². The third kappa shape index (κ3) is 10.9. The predicted molar refractivity (Wildman–Crippen MR) is 194 cm³/mol. The minimum Gasteiger partial charge on any atom is -0.508 e. The Morgan fingerprint density at radius 1 is 0.627 bits per heavy atom. The highest BCUT2D eigenvalue weighted by Gasteiger charge is 2.48. The fourth-order valence-electron chi connectivity index (χ4n) is 6.24. The van der Waals surface area contributed by atoms with E-state index in [-0.39, 0.29) is 60.3 Å². The van der Waals surface area contributed by atoms with Gasteiger partial charge >= 0.3 is 11.9 Å². The van der Waals surface area contributed by atoms with E-state index in [1.54, 1.807) is 12.1 Å². The van der Waals surface area contributed by atoms with Crippen LogP contribution in [-0.4, -0.2) is 74.4 Å². The van der Waals surface area contributed by atoms with Gasteiger partial charge in [-0.3, -0.25) is 9.59 Å². The quantitative estimate of drug-likeness (QED) is 0.219. The van der Waals surface area contributed by atoms with E-state index in [1.807, 2.05) is 93.5 Å². The summed E-state index contributed by atoms with van der Waals surface area (Å²) in [6.07, 6.45) is 0.339. The molecule has 2 saturated heterocycles. The second-order valence-electron chi connectivity index (χ2n) is 17.9. The highest BCUT2D eigenvalue weighted by atomic mass is 16.7. The molecule has 10 heteroatoms. The van der Waals surface area contributed by atoms with E-state index in [0.717, 1.165) is 22.3 Å². The molecule has 0 radical (unpaired) electrons. The van der Waals surface area contributed by atoms with E-state index < -0.39 is 28.8 Å². The van der Waals surface area contributed by atoms with E-state index in [0.29, 0.717) is 39.3 Å². The molecular formula is C41H60O10. The van der Waals surface area contributed by atoms with Crippen LogP contribution in [0.1, 0.15) is 104 Å². The molecule has 0 atom stereocenters. The minimum absolute atomic E-state index is 0.140. The number of rotatable bonds is 12. The summed E-state index contributed by atoms with van der Waals surface area (Å²) in [6, 6.07) is 10.9. The molecule has 2 aliphatic rings. The average molecular weight is 713 g/mol. The third-order valence-corrected chi connectivity index (χ3v) is 9.62. The normalized spacial score (nSPS) is 21.8. The Labute approximate surface area is 304 Å². The summed E-state index contributed by atoms with van der Waals surface area (Å²) >= 11 is 0. The minimum atomic E-state index is -0.586. The summed E-state index contributed by atoms with van der Waals surface area (Å²) in [5, 5.41) is 20.5. The predicted octanol–water partition coefficient (Wildman–Crippen LogP) is 7.13. The Morgan fingerprint density at radius 3 is 1.27 bits per heavy atom. The van der Waals surface area contributed by atoms with Crippen LogP contribution in [0, 0.1) is 16.2 Å². The second kappa shape index (κ2) is 15.8. The van der Waals surface area contributed by atoms with Crippen LogP contribution < -0.4 is 0 Å². The first kappa shape index (κ1) is 40.6. The molecule has 0 aromatic heterocycles. The monoisotopic (exact) mass is 712 g/mol. The Bertz CT molecular complexity index is 1380. The van der Waals surface area contributed by atoms with Gasteiger partial charge in [-0.25, -0.2) is 0 Å². The summed E-state index contributed by atoms with van der Waals surface area (Å²) in [4.78, 5) is 25.3. The lowest BCUT2D eigenvalue weighted by Gasteiger charge is -2.48. The number of carbonyl (C=O) groups is 2. The van der Waals surface area contributed by atoms with Gasteiger partial charge in [0.15, 0.2) is 12.6 Å². The maximum absolute atomic E-state index is 12.7. The van der Waals surface area contributed by atoms with Crippen LogP contribution in [0.2, 0.25) is 0 Å². The van der Waals surface area contributed by atoms with Crippen LogP contribution >= 0.6 is 0 Å². The maximum atomic E-state index is 12.7. The third-order valence-electron chi connectivity index (χ3n) is 9.62. The molecule has 1 spiro atoms. The molecule has 0 saturated carbocycles. The molecule has 2 N–H and O–H groups in total. The molecule has 0 aliphatic carbocycles. The second-order valence-corrected chi connectivity index (χ2v) is 17.9. The van der Waals surface area contributed by atoms with Gasteiger partial charge in [0.2, 0.25) is 0 Å². The largest absolute Gasteiger partial charge is 0.508 e. The molecule has 2 aromatic rings. The Hall–Kier alpha value is -3.18. The van der Waals surface area contributed by atoms with Gasteiger partial charge in [0.05, 0.1) is 31.8 Å². The van der Waals surface area contributed by atoms with Gasteiger partial charge in [-0.15, -0.1) is 0 Å². The summed E-state index contributed by atoms with van der Waals surface area (Å²) < 4.78 is 36.0. The maximum Gasteiger partial charge on any atom is 0.306 e. The number of benzene rings is 2. The number of phenols is 2. The average Bonchev–Trinajstić information content (AvgIpc) is 3.05. The summed E-state index contributed by atoms with van der Waals surface area (Å²) in [7, 11) is 0. The number of carbonyl (C=O) groups excluding carboxylic acids is 2. The number of aromatic hydroxyl groups is 2. The zero-order chi connectivity index (χ0) is 37.8. The van der Waals surface area contributed by atoms with Crippen LogP contribution in [0.15, 0.2) is 36.4 Å². The summed E-state index contributed by atoms with van der Waals surface area (Å²) in [6.45, 7) is 21.8. The van der Waals surface area contributed by atoms with Gasteiger partial charge < -0.3 is 38.6 Å². The van der Waals surface area contributed by atoms with Crippen molar-refractivity contribution in [2.24, 2.45) is 16.2 Å². The first-order chi connectivity index (χ1) is 23.6. The van der Waals surface area contributed by atoms with Crippen molar-refractivity contribution < 1.29 is 48.2 Å². The number of esters is 2. The molecule has 51 heavy (non-hydrogen) atoms. The molecular weight excluding hydrogens is 652 g/mol. The van der Waals surface area contributed by atoms with E-state index in [4.69, 9.17) is 28.4 Å². The number of aryl methyl sites for hydroxylation is 2. The van der Waals surface area contributed by atoms with Crippen LogP contribution in [0.4, 0.5) is 0 Å². The van der Waals surface area contributed by atoms with Crippen molar-refractivity contribution in [2.75, 3.05) is 39.6 Å². The van der Waals surface area contributed by atoms with Gasteiger partial charge in [-0.2, -0.15) is 0 Å². The summed E-state index contributed by atoms with van der Waals surface area (Å²) in [5.41, 5.74) is 1.58. The molecule has 2 heterocycles. The Morgan fingerprint density at radius 2 is 0.961 bits per heavy atom. The highest BCUT2D eigenvalue weighted by molar-refractivity contribution is 5.70. The van der Waals surface area contributed by atoms with Crippen molar-refractivity contribution in [1.29, 1.82) is 0 Å². The Kier molecular flexibility index (Phi) is 12.6. The van der Waals surface area contributed by atoms with Gasteiger partial charge in [0, 0.05) is 23.7 Å². The van der Waals surface area contributed by atoms with Crippen molar-refractivity contribution in [2.45, 2.75) is 118 Å². The van der Waals surface area contributed by atoms with Gasteiger partial charge in [-0.1, -0.05) is 93.5 Å². The fourth-order valence-corrected chi connectivity index (χ4v) is 6.24. The van der Waals surface area contributed by atoms with Crippen LogP contribution in [0.5, 0.6) is 11.5 Å². The van der Waals surface area contributed by atoms with Crippen LogP contribution in [-0.2, 0) is 61.7 Å².